The number of rotatable bonds is 5. The molecule has 2 heterocycles. The Morgan fingerprint density at radius 3 is 2.95 bits per heavy atom. The van der Waals surface area contributed by atoms with E-state index in [0.29, 0.717) is 17.8 Å². The van der Waals surface area contributed by atoms with Crippen molar-refractivity contribution in [1.82, 2.24) is 14.7 Å². The summed E-state index contributed by atoms with van der Waals surface area (Å²) in [6.07, 6.45) is 5.06. The van der Waals surface area contributed by atoms with E-state index in [-0.39, 0.29) is 12.5 Å². The van der Waals surface area contributed by atoms with Gasteiger partial charge in [-0.3, -0.25) is 9.48 Å². The van der Waals surface area contributed by atoms with Gasteiger partial charge in [0.15, 0.2) is 0 Å². The molecule has 3 rings (SSSR count). The van der Waals surface area contributed by atoms with Crippen LogP contribution in [0.1, 0.15) is 19.3 Å². The van der Waals surface area contributed by atoms with Gasteiger partial charge in [-0.1, -0.05) is 0 Å². The second-order valence-corrected chi connectivity index (χ2v) is 5.45. The summed E-state index contributed by atoms with van der Waals surface area (Å²) in [7, 11) is 0. The van der Waals surface area contributed by atoms with E-state index >= 15 is 0 Å². The van der Waals surface area contributed by atoms with Crippen LogP contribution >= 0.6 is 0 Å². The number of amides is 1. The van der Waals surface area contributed by atoms with Crippen LogP contribution in [-0.2, 0) is 16.1 Å². The minimum absolute atomic E-state index is 0.137. The Morgan fingerprint density at radius 1 is 1.53 bits per heavy atom. The number of aromatic nitrogens is 2. The molecule has 1 saturated heterocycles. The largest absolute Gasteiger partial charge is 0.382 e. The molecular formula is C13H20N4O2. The van der Waals surface area contributed by atoms with Crippen LogP contribution in [0.25, 0.3) is 0 Å². The molecule has 1 atom stereocenters. The monoisotopic (exact) mass is 264 g/mol. The Bertz CT molecular complexity index is 449. The third kappa shape index (κ3) is 3.07. The SMILES string of the molecule is Nc1ccn(CC(=O)N(CC2CCOC2)C2CC2)n1. The van der Waals surface area contributed by atoms with Crippen molar-refractivity contribution in [3.8, 4) is 0 Å². The number of nitrogen functional groups attached to an aromatic ring is 1. The molecule has 104 valence electrons. The lowest BCUT2D eigenvalue weighted by molar-refractivity contribution is -0.133. The fourth-order valence-electron chi connectivity index (χ4n) is 2.54. The van der Waals surface area contributed by atoms with Crippen molar-refractivity contribution in [2.24, 2.45) is 5.92 Å². The highest BCUT2D eigenvalue weighted by atomic mass is 16.5. The molecule has 6 nitrogen and oxygen atoms in total. The van der Waals surface area contributed by atoms with E-state index in [1.807, 2.05) is 4.90 Å². The number of hydrogen-bond acceptors (Lipinski definition) is 4. The van der Waals surface area contributed by atoms with Crippen molar-refractivity contribution in [2.75, 3.05) is 25.5 Å². The highest BCUT2D eigenvalue weighted by Crippen LogP contribution is 2.29. The zero-order valence-electron chi connectivity index (χ0n) is 11.0. The highest BCUT2D eigenvalue weighted by molar-refractivity contribution is 5.76. The average molecular weight is 264 g/mol. The average Bonchev–Trinajstić information content (AvgIpc) is 2.93. The summed E-state index contributed by atoms with van der Waals surface area (Å²) in [5.74, 6) is 1.08. The molecule has 1 unspecified atom stereocenters. The van der Waals surface area contributed by atoms with Gasteiger partial charge in [-0.25, -0.2) is 0 Å². The molecule has 2 fully saturated rings. The standard InChI is InChI=1S/C13H20N4O2/c14-12-3-5-16(15-12)8-13(18)17(11-1-2-11)7-10-4-6-19-9-10/h3,5,10-11H,1-2,4,6-9H2,(H2,14,15). The van der Waals surface area contributed by atoms with Gasteiger partial charge in [0.25, 0.3) is 0 Å². The molecule has 1 saturated carbocycles. The lowest BCUT2D eigenvalue weighted by atomic mass is 10.1. The number of ether oxygens (including phenoxy) is 1. The first kappa shape index (κ1) is 12.5. The van der Waals surface area contributed by atoms with Gasteiger partial charge in [0.05, 0.1) is 6.61 Å². The lowest BCUT2D eigenvalue weighted by Crippen LogP contribution is -2.39. The number of nitrogens with two attached hydrogens (primary N) is 1. The molecule has 0 spiro atoms. The first-order valence-electron chi connectivity index (χ1n) is 6.88. The molecule has 0 aromatic carbocycles. The molecule has 1 amide bonds. The molecule has 2 N–H and O–H groups in total. The minimum Gasteiger partial charge on any atom is -0.382 e. The van der Waals surface area contributed by atoms with E-state index in [1.165, 1.54) is 0 Å². The van der Waals surface area contributed by atoms with Gasteiger partial charge in [-0.15, -0.1) is 0 Å². The van der Waals surface area contributed by atoms with Crippen LogP contribution in [-0.4, -0.2) is 46.4 Å². The molecule has 0 bridgehead atoms. The molecule has 2 aliphatic rings. The van der Waals surface area contributed by atoms with Crippen LogP contribution in [0.15, 0.2) is 12.3 Å². The topological polar surface area (TPSA) is 73.4 Å². The maximum atomic E-state index is 12.4. The van der Waals surface area contributed by atoms with Crippen LogP contribution in [0.3, 0.4) is 0 Å². The number of hydrogen-bond donors (Lipinski definition) is 1. The quantitative estimate of drug-likeness (QED) is 0.840. The fraction of sp³-hybridized carbons (Fsp3) is 0.692. The Balaban J connectivity index is 1.60. The van der Waals surface area contributed by atoms with Gasteiger partial charge in [-0.05, 0) is 25.3 Å². The summed E-state index contributed by atoms with van der Waals surface area (Å²) in [6.45, 7) is 2.71. The van der Waals surface area contributed by atoms with Crippen molar-refractivity contribution < 1.29 is 9.53 Å². The van der Waals surface area contributed by atoms with Gasteiger partial charge >= 0.3 is 0 Å². The number of carbonyl (C=O) groups excluding carboxylic acids is 1. The predicted octanol–water partition coefficient (Wildman–Crippen LogP) is 0.493. The Hall–Kier alpha value is -1.56. The third-order valence-corrected chi connectivity index (χ3v) is 3.75. The smallest absolute Gasteiger partial charge is 0.244 e. The van der Waals surface area contributed by atoms with Crippen LogP contribution < -0.4 is 5.73 Å². The summed E-state index contributed by atoms with van der Waals surface area (Å²) >= 11 is 0. The highest BCUT2D eigenvalue weighted by Gasteiger charge is 2.34. The maximum absolute atomic E-state index is 12.4. The van der Waals surface area contributed by atoms with Crippen molar-refractivity contribution in [2.45, 2.75) is 31.8 Å². The van der Waals surface area contributed by atoms with E-state index in [4.69, 9.17) is 10.5 Å². The van der Waals surface area contributed by atoms with Crippen LogP contribution in [0, 0.1) is 5.92 Å². The molecule has 19 heavy (non-hydrogen) atoms. The minimum atomic E-state index is 0.137. The van der Waals surface area contributed by atoms with Crippen molar-refractivity contribution >= 4 is 11.7 Å². The summed E-state index contributed by atoms with van der Waals surface area (Å²) in [6, 6.07) is 2.14. The first-order chi connectivity index (χ1) is 9.22. The van der Waals surface area contributed by atoms with Crippen molar-refractivity contribution in [3.05, 3.63) is 12.3 Å². The summed E-state index contributed by atoms with van der Waals surface area (Å²) < 4.78 is 7.00. The molecular weight excluding hydrogens is 244 g/mol. The van der Waals surface area contributed by atoms with E-state index in [0.717, 1.165) is 39.0 Å². The van der Waals surface area contributed by atoms with Crippen LogP contribution in [0.2, 0.25) is 0 Å². The lowest BCUT2D eigenvalue weighted by Gasteiger charge is -2.25. The fourth-order valence-corrected chi connectivity index (χ4v) is 2.54. The van der Waals surface area contributed by atoms with E-state index in [2.05, 4.69) is 5.10 Å². The number of carbonyl (C=O) groups is 1. The predicted molar refractivity (Wildman–Crippen MR) is 70.3 cm³/mol. The van der Waals surface area contributed by atoms with Gasteiger partial charge < -0.3 is 15.4 Å². The van der Waals surface area contributed by atoms with Crippen LogP contribution in [0.5, 0.6) is 0 Å². The van der Waals surface area contributed by atoms with Gasteiger partial charge in [0.1, 0.15) is 12.4 Å². The van der Waals surface area contributed by atoms with E-state index in [9.17, 15) is 4.79 Å². The van der Waals surface area contributed by atoms with Crippen LogP contribution in [0.4, 0.5) is 5.82 Å². The second kappa shape index (κ2) is 5.21. The number of nitrogens with zero attached hydrogens (tertiary/aromatic N) is 3. The summed E-state index contributed by atoms with van der Waals surface area (Å²) in [4.78, 5) is 14.4. The first-order valence-corrected chi connectivity index (χ1v) is 6.88. The van der Waals surface area contributed by atoms with Gasteiger partial charge in [0.2, 0.25) is 5.91 Å². The third-order valence-electron chi connectivity index (χ3n) is 3.75. The second-order valence-electron chi connectivity index (χ2n) is 5.45. The molecule has 6 heteroatoms. The molecule has 1 aromatic rings. The Kier molecular flexibility index (Phi) is 3.42. The summed E-state index contributed by atoms with van der Waals surface area (Å²) in [5, 5.41) is 4.07. The molecule has 1 aliphatic heterocycles. The molecule has 1 aliphatic carbocycles. The molecule has 1 aromatic heterocycles. The van der Waals surface area contributed by atoms with Gasteiger partial charge in [0, 0.05) is 31.3 Å². The molecule has 0 radical (unpaired) electrons. The van der Waals surface area contributed by atoms with Gasteiger partial charge in [-0.2, -0.15) is 5.10 Å². The van der Waals surface area contributed by atoms with Crippen molar-refractivity contribution in [3.63, 3.8) is 0 Å². The normalized spacial score (nSPS) is 22.6. The van der Waals surface area contributed by atoms with Crippen molar-refractivity contribution in [1.29, 1.82) is 0 Å². The van der Waals surface area contributed by atoms with E-state index in [1.54, 1.807) is 16.9 Å². The zero-order chi connectivity index (χ0) is 13.2. The Labute approximate surface area is 112 Å². The van der Waals surface area contributed by atoms with E-state index < -0.39 is 0 Å². The zero-order valence-corrected chi connectivity index (χ0v) is 11.0. The number of anilines is 1. The summed E-state index contributed by atoms with van der Waals surface area (Å²) in [5.41, 5.74) is 5.56. The Morgan fingerprint density at radius 2 is 2.37 bits per heavy atom. The maximum Gasteiger partial charge on any atom is 0.244 e.